The molecule has 6 nitrogen and oxygen atoms in total. The molecule has 2 aromatic rings. The number of thiophene rings is 1. The molecule has 4 rings (SSSR count). The van der Waals surface area contributed by atoms with Crippen LogP contribution in [0.1, 0.15) is 70.0 Å². The fourth-order valence-corrected chi connectivity index (χ4v) is 4.44. The van der Waals surface area contributed by atoms with Gasteiger partial charge in [0.1, 0.15) is 6.10 Å². The van der Waals surface area contributed by atoms with Gasteiger partial charge in [0.25, 0.3) is 11.8 Å². The Morgan fingerprint density at radius 1 is 1.29 bits per heavy atom. The summed E-state index contributed by atoms with van der Waals surface area (Å²) in [6.45, 7) is 1.01. The highest BCUT2D eigenvalue weighted by atomic mass is 32.1. The number of fused-ring (bicyclic) bond motifs is 1. The van der Waals surface area contributed by atoms with Crippen molar-refractivity contribution in [3.8, 4) is 0 Å². The Morgan fingerprint density at radius 2 is 2.21 bits per heavy atom. The van der Waals surface area contributed by atoms with Gasteiger partial charge < -0.3 is 14.6 Å². The lowest BCUT2D eigenvalue weighted by Crippen LogP contribution is -2.22. The van der Waals surface area contributed by atoms with Crippen molar-refractivity contribution < 1.29 is 14.1 Å². The Kier molecular flexibility index (Phi) is 4.62. The van der Waals surface area contributed by atoms with E-state index in [0.717, 1.165) is 37.2 Å². The van der Waals surface area contributed by atoms with Gasteiger partial charge in [-0.15, -0.1) is 11.3 Å². The number of carbonyl (C=O) groups is 1. The molecule has 1 atom stereocenters. The van der Waals surface area contributed by atoms with E-state index in [1.54, 1.807) is 11.3 Å². The summed E-state index contributed by atoms with van der Waals surface area (Å²) in [5.74, 6) is 0.947. The van der Waals surface area contributed by atoms with Gasteiger partial charge in [0, 0.05) is 11.5 Å². The maximum atomic E-state index is 12.4. The Morgan fingerprint density at radius 3 is 3.08 bits per heavy atom. The van der Waals surface area contributed by atoms with Crippen LogP contribution in [-0.2, 0) is 24.1 Å². The molecule has 0 radical (unpaired) electrons. The number of hydrogen-bond donors (Lipinski definition) is 1. The summed E-state index contributed by atoms with van der Waals surface area (Å²) in [5.41, 5.74) is 1.35. The number of aryl methyl sites for hydroxylation is 2. The van der Waals surface area contributed by atoms with Crippen LogP contribution < -0.4 is 5.32 Å². The number of aromatic nitrogens is 2. The third kappa shape index (κ3) is 3.37. The Labute approximate surface area is 144 Å². The lowest BCUT2D eigenvalue weighted by Gasteiger charge is -2.01. The normalized spacial score (nSPS) is 20.6. The average molecular weight is 347 g/mol. The van der Waals surface area contributed by atoms with E-state index < -0.39 is 0 Å². The predicted octanol–water partition coefficient (Wildman–Crippen LogP) is 3.18. The zero-order chi connectivity index (χ0) is 16.4. The minimum Gasteiger partial charge on any atom is -0.368 e. The number of rotatable bonds is 4. The van der Waals surface area contributed by atoms with Crippen molar-refractivity contribution in [1.82, 2.24) is 15.5 Å². The van der Waals surface area contributed by atoms with Gasteiger partial charge in [0.05, 0.1) is 11.4 Å². The zero-order valence-electron chi connectivity index (χ0n) is 13.5. The van der Waals surface area contributed by atoms with E-state index in [2.05, 4.69) is 21.5 Å². The third-order valence-electron chi connectivity index (χ3n) is 4.57. The van der Waals surface area contributed by atoms with Gasteiger partial charge >= 0.3 is 0 Å². The lowest BCUT2D eigenvalue weighted by molar-refractivity contribution is 0.0835. The van der Waals surface area contributed by atoms with Crippen molar-refractivity contribution in [3.63, 3.8) is 0 Å². The van der Waals surface area contributed by atoms with Gasteiger partial charge in [0.15, 0.2) is 5.82 Å². The number of nitrogens with zero attached hydrogens (tertiary/aromatic N) is 2. The molecule has 0 bridgehead atoms. The summed E-state index contributed by atoms with van der Waals surface area (Å²) in [4.78, 5) is 18.8. The molecular weight excluding hydrogens is 326 g/mol. The molecule has 0 aromatic carbocycles. The van der Waals surface area contributed by atoms with Crippen LogP contribution in [0.5, 0.6) is 0 Å². The van der Waals surface area contributed by atoms with Crippen molar-refractivity contribution in [2.45, 2.75) is 57.6 Å². The highest BCUT2D eigenvalue weighted by molar-refractivity contribution is 7.14. The molecule has 24 heavy (non-hydrogen) atoms. The molecule has 0 saturated carbocycles. The van der Waals surface area contributed by atoms with Crippen molar-refractivity contribution in [2.24, 2.45) is 0 Å². The molecule has 1 fully saturated rings. The SMILES string of the molecule is O=C(NCc1noc([C@@H]2CCCO2)n1)c1cc2c(s1)CCCCC2. The highest BCUT2D eigenvalue weighted by Crippen LogP contribution is 2.29. The van der Waals surface area contributed by atoms with Gasteiger partial charge in [-0.3, -0.25) is 4.79 Å². The summed E-state index contributed by atoms with van der Waals surface area (Å²) >= 11 is 1.62. The second-order valence-corrected chi connectivity index (χ2v) is 7.49. The molecule has 0 spiro atoms. The van der Waals surface area contributed by atoms with Crippen LogP contribution in [0, 0.1) is 0 Å². The molecule has 1 aliphatic carbocycles. The molecule has 1 amide bonds. The molecule has 1 N–H and O–H groups in total. The molecule has 0 unspecified atom stereocenters. The summed E-state index contributed by atoms with van der Waals surface area (Å²) in [6.07, 6.45) is 7.76. The molecule has 7 heteroatoms. The Hall–Kier alpha value is -1.73. The van der Waals surface area contributed by atoms with Crippen molar-refractivity contribution in [3.05, 3.63) is 33.1 Å². The summed E-state index contributed by atoms with van der Waals surface area (Å²) in [7, 11) is 0. The van der Waals surface area contributed by atoms with E-state index in [-0.39, 0.29) is 18.6 Å². The minimum atomic E-state index is -0.0880. The number of carbonyl (C=O) groups excluding carboxylic acids is 1. The molecular formula is C17H21N3O3S. The number of hydrogen-bond acceptors (Lipinski definition) is 6. The topological polar surface area (TPSA) is 77.2 Å². The van der Waals surface area contributed by atoms with E-state index in [1.165, 1.54) is 29.7 Å². The highest BCUT2D eigenvalue weighted by Gasteiger charge is 2.24. The largest absolute Gasteiger partial charge is 0.368 e. The monoisotopic (exact) mass is 347 g/mol. The van der Waals surface area contributed by atoms with Crippen molar-refractivity contribution >= 4 is 17.2 Å². The maximum Gasteiger partial charge on any atom is 0.261 e. The van der Waals surface area contributed by atoms with Crippen LogP contribution in [0.15, 0.2) is 10.6 Å². The molecule has 3 heterocycles. The fourth-order valence-electron chi connectivity index (χ4n) is 3.27. The van der Waals surface area contributed by atoms with Crippen molar-refractivity contribution in [1.29, 1.82) is 0 Å². The van der Waals surface area contributed by atoms with Gasteiger partial charge in [-0.1, -0.05) is 11.6 Å². The van der Waals surface area contributed by atoms with E-state index >= 15 is 0 Å². The zero-order valence-corrected chi connectivity index (χ0v) is 14.4. The standard InChI is InChI=1S/C17H21N3O3S/c21-16(14-9-11-5-2-1-3-7-13(11)24-14)18-10-15-19-17(23-20-15)12-6-4-8-22-12/h9,12H,1-8,10H2,(H,18,21)/t12-/m0/s1. The van der Waals surface area contributed by atoms with E-state index in [9.17, 15) is 4.79 Å². The van der Waals surface area contributed by atoms with Crippen LogP contribution in [0.25, 0.3) is 0 Å². The van der Waals surface area contributed by atoms with E-state index in [1.807, 2.05) is 0 Å². The molecule has 128 valence electrons. The number of amides is 1. The predicted molar refractivity (Wildman–Crippen MR) is 89.0 cm³/mol. The van der Waals surface area contributed by atoms with E-state index in [0.29, 0.717) is 11.7 Å². The number of ether oxygens (including phenoxy) is 1. The van der Waals surface area contributed by atoms with Gasteiger partial charge in [-0.2, -0.15) is 4.98 Å². The van der Waals surface area contributed by atoms with Crippen LogP contribution >= 0.6 is 11.3 Å². The third-order valence-corrected chi connectivity index (χ3v) is 5.80. The first kappa shape index (κ1) is 15.8. The van der Waals surface area contributed by atoms with Crippen LogP contribution in [0.3, 0.4) is 0 Å². The lowest BCUT2D eigenvalue weighted by atomic mass is 10.1. The van der Waals surface area contributed by atoms with Gasteiger partial charge in [0.2, 0.25) is 0 Å². The van der Waals surface area contributed by atoms with Gasteiger partial charge in [-0.25, -0.2) is 0 Å². The summed E-state index contributed by atoms with van der Waals surface area (Å²) < 4.78 is 10.8. The second-order valence-electron chi connectivity index (χ2n) is 6.35. The second kappa shape index (κ2) is 7.03. The Bertz CT molecular complexity index is 695. The van der Waals surface area contributed by atoms with Crippen LogP contribution in [0.4, 0.5) is 0 Å². The minimum absolute atomic E-state index is 0.0588. The number of nitrogens with one attached hydrogen (secondary N) is 1. The molecule has 1 saturated heterocycles. The van der Waals surface area contributed by atoms with Crippen LogP contribution in [0.2, 0.25) is 0 Å². The van der Waals surface area contributed by atoms with Crippen LogP contribution in [-0.4, -0.2) is 22.7 Å². The summed E-state index contributed by atoms with van der Waals surface area (Å²) in [5, 5.41) is 6.82. The van der Waals surface area contributed by atoms with Crippen molar-refractivity contribution in [2.75, 3.05) is 6.61 Å². The first-order valence-electron chi connectivity index (χ1n) is 8.63. The smallest absolute Gasteiger partial charge is 0.261 e. The first-order valence-corrected chi connectivity index (χ1v) is 9.45. The van der Waals surface area contributed by atoms with Gasteiger partial charge in [-0.05, 0) is 50.2 Å². The average Bonchev–Trinajstić information content (AvgIpc) is 3.31. The summed E-state index contributed by atoms with van der Waals surface area (Å²) in [6, 6.07) is 2.05. The van der Waals surface area contributed by atoms with E-state index in [4.69, 9.17) is 9.26 Å². The Balaban J connectivity index is 1.36. The molecule has 1 aliphatic heterocycles. The first-order chi connectivity index (χ1) is 11.8. The quantitative estimate of drug-likeness (QED) is 0.860. The molecule has 2 aromatic heterocycles. The maximum absolute atomic E-state index is 12.4. The molecule has 2 aliphatic rings. The fraction of sp³-hybridized carbons (Fsp3) is 0.588.